The molecule has 1 amide bonds. The number of amides is 1. The summed E-state index contributed by atoms with van der Waals surface area (Å²) in [7, 11) is 0. The van der Waals surface area contributed by atoms with Gasteiger partial charge in [0, 0.05) is 10.6 Å². The molecule has 4 nitrogen and oxygen atoms in total. The minimum absolute atomic E-state index is 0.311. The molecule has 0 saturated heterocycles. The van der Waals surface area contributed by atoms with E-state index in [0.717, 1.165) is 21.7 Å². The fourth-order valence-corrected chi connectivity index (χ4v) is 2.66. The second kappa shape index (κ2) is 7.83. The van der Waals surface area contributed by atoms with Gasteiger partial charge in [0.2, 0.25) is 0 Å². The number of nitrogens with one attached hydrogen (secondary N) is 1. The third kappa shape index (κ3) is 4.60. The largest absolute Gasteiger partial charge is 0.452 e. The van der Waals surface area contributed by atoms with E-state index in [9.17, 15) is 9.59 Å². The Hall–Kier alpha value is -2.27. The van der Waals surface area contributed by atoms with Gasteiger partial charge in [-0.2, -0.15) is 0 Å². The number of carbonyl (C=O) groups is 2. The highest BCUT2D eigenvalue weighted by molar-refractivity contribution is 7.98. The number of hydrogen-bond acceptors (Lipinski definition) is 4. The van der Waals surface area contributed by atoms with Gasteiger partial charge in [0.15, 0.2) is 6.61 Å². The molecule has 1 N–H and O–H groups in total. The van der Waals surface area contributed by atoms with Crippen LogP contribution in [0.15, 0.2) is 47.4 Å². The third-order valence-electron chi connectivity index (χ3n) is 3.33. The topological polar surface area (TPSA) is 55.4 Å². The zero-order valence-corrected chi connectivity index (χ0v) is 14.2. The number of benzene rings is 2. The molecule has 0 unspecified atom stereocenters. The van der Waals surface area contributed by atoms with Crippen LogP contribution in [0.5, 0.6) is 0 Å². The highest BCUT2D eigenvalue weighted by Gasteiger charge is 2.14. The summed E-state index contributed by atoms with van der Waals surface area (Å²) in [6, 6.07) is 13.0. The number of aryl methyl sites for hydroxylation is 2. The van der Waals surface area contributed by atoms with Gasteiger partial charge in [-0.1, -0.05) is 24.3 Å². The van der Waals surface area contributed by atoms with Crippen LogP contribution in [-0.2, 0) is 9.53 Å². The third-order valence-corrected chi connectivity index (χ3v) is 4.12. The summed E-state index contributed by atoms with van der Waals surface area (Å²) in [4.78, 5) is 24.9. The van der Waals surface area contributed by atoms with Crippen molar-refractivity contribution < 1.29 is 14.3 Å². The average molecular weight is 329 g/mol. The van der Waals surface area contributed by atoms with Crippen LogP contribution in [0.25, 0.3) is 0 Å². The van der Waals surface area contributed by atoms with E-state index < -0.39 is 5.97 Å². The lowest BCUT2D eigenvalue weighted by atomic mass is 10.1. The zero-order chi connectivity index (χ0) is 16.8. The number of thioether (sulfide) groups is 1. The normalized spacial score (nSPS) is 10.2. The van der Waals surface area contributed by atoms with Crippen LogP contribution in [0.4, 0.5) is 5.69 Å². The number of rotatable bonds is 5. The van der Waals surface area contributed by atoms with E-state index in [1.165, 1.54) is 11.8 Å². The van der Waals surface area contributed by atoms with Crippen molar-refractivity contribution in [1.29, 1.82) is 0 Å². The first-order valence-electron chi connectivity index (χ1n) is 7.18. The Morgan fingerprint density at radius 3 is 2.61 bits per heavy atom. The Morgan fingerprint density at radius 1 is 1.13 bits per heavy atom. The van der Waals surface area contributed by atoms with Crippen molar-refractivity contribution in [3.05, 3.63) is 59.2 Å². The molecule has 2 aromatic rings. The van der Waals surface area contributed by atoms with Crippen LogP contribution in [-0.4, -0.2) is 24.7 Å². The molecule has 23 heavy (non-hydrogen) atoms. The molecule has 5 heteroatoms. The Kier molecular flexibility index (Phi) is 5.82. The second-order valence-electron chi connectivity index (χ2n) is 5.14. The van der Waals surface area contributed by atoms with Crippen LogP contribution in [0.2, 0.25) is 0 Å². The molecule has 0 heterocycles. The highest BCUT2D eigenvalue weighted by Crippen LogP contribution is 2.20. The number of ether oxygens (including phenoxy) is 1. The number of esters is 1. The van der Waals surface area contributed by atoms with Gasteiger partial charge in [-0.25, -0.2) is 4.79 Å². The molecular weight excluding hydrogens is 310 g/mol. The summed E-state index contributed by atoms with van der Waals surface area (Å²) in [6.45, 7) is 3.55. The maximum absolute atomic E-state index is 12.1. The Morgan fingerprint density at radius 2 is 1.87 bits per heavy atom. The molecular formula is C18H19NO3S. The van der Waals surface area contributed by atoms with Crippen molar-refractivity contribution >= 4 is 29.3 Å². The standard InChI is InChI=1S/C18H19NO3S/c1-12-8-9-13(2)15(10-12)19-17(20)11-22-18(21)14-6-4-5-7-16(14)23-3/h4-10H,11H2,1-3H3,(H,19,20). The minimum atomic E-state index is -0.494. The van der Waals surface area contributed by atoms with E-state index in [1.807, 2.05) is 50.4 Å². The van der Waals surface area contributed by atoms with Gasteiger partial charge in [-0.3, -0.25) is 4.79 Å². The molecule has 0 aliphatic rings. The van der Waals surface area contributed by atoms with Crippen LogP contribution >= 0.6 is 11.8 Å². The number of carbonyl (C=O) groups excluding carboxylic acids is 2. The van der Waals surface area contributed by atoms with Gasteiger partial charge < -0.3 is 10.1 Å². The van der Waals surface area contributed by atoms with Crippen LogP contribution < -0.4 is 5.32 Å². The summed E-state index contributed by atoms with van der Waals surface area (Å²) >= 11 is 1.46. The van der Waals surface area contributed by atoms with Crippen LogP contribution in [0.1, 0.15) is 21.5 Å². The van der Waals surface area contributed by atoms with Crippen LogP contribution in [0.3, 0.4) is 0 Å². The lowest BCUT2D eigenvalue weighted by molar-refractivity contribution is -0.119. The van der Waals surface area contributed by atoms with Gasteiger partial charge in [-0.15, -0.1) is 11.8 Å². The smallest absolute Gasteiger partial charge is 0.339 e. The summed E-state index contributed by atoms with van der Waals surface area (Å²) in [6.07, 6.45) is 1.89. The maximum atomic E-state index is 12.1. The molecule has 2 aromatic carbocycles. The number of hydrogen-bond donors (Lipinski definition) is 1. The van der Waals surface area contributed by atoms with Crippen molar-refractivity contribution in [2.75, 3.05) is 18.2 Å². The van der Waals surface area contributed by atoms with E-state index >= 15 is 0 Å². The van der Waals surface area contributed by atoms with Gasteiger partial charge in [0.05, 0.1) is 5.56 Å². The molecule has 0 radical (unpaired) electrons. The minimum Gasteiger partial charge on any atom is -0.452 e. The first-order valence-corrected chi connectivity index (χ1v) is 8.41. The van der Waals surface area contributed by atoms with Crippen molar-refractivity contribution in [2.45, 2.75) is 18.7 Å². The molecule has 0 bridgehead atoms. The van der Waals surface area contributed by atoms with E-state index in [2.05, 4.69) is 5.32 Å². The maximum Gasteiger partial charge on any atom is 0.339 e. The fraction of sp³-hybridized carbons (Fsp3) is 0.222. The Labute approximate surface area is 140 Å². The fourth-order valence-electron chi connectivity index (χ4n) is 2.08. The van der Waals surface area contributed by atoms with Gasteiger partial charge >= 0.3 is 5.97 Å². The van der Waals surface area contributed by atoms with E-state index in [-0.39, 0.29) is 12.5 Å². The lowest BCUT2D eigenvalue weighted by Gasteiger charge is -2.10. The molecule has 0 atom stereocenters. The first-order chi connectivity index (χ1) is 11.0. The van der Waals surface area contributed by atoms with E-state index in [1.54, 1.807) is 12.1 Å². The summed E-state index contributed by atoms with van der Waals surface area (Å²) in [5.74, 6) is -0.847. The summed E-state index contributed by atoms with van der Waals surface area (Å²) in [5.41, 5.74) is 3.22. The summed E-state index contributed by atoms with van der Waals surface area (Å²) in [5, 5.41) is 2.77. The first kappa shape index (κ1) is 17.1. The lowest BCUT2D eigenvalue weighted by Crippen LogP contribution is -2.21. The molecule has 2 rings (SSSR count). The molecule has 0 aromatic heterocycles. The van der Waals surface area contributed by atoms with Gasteiger partial charge in [0.25, 0.3) is 5.91 Å². The van der Waals surface area contributed by atoms with E-state index in [4.69, 9.17) is 4.74 Å². The second-order valence-corrected chi connectivity index (χ2v) is 5.99. The Bertz CT molecular complexity index is 728. The van der Waals surface area contributed by atoms with Crippen molar-refractivity contribution in [3.63, 3.8) is 0 Å². The molecule has 0 aliphatic carbocycles. The van der Waals surface area contributed by atoms with Crippen molar-refractivity contribution in [1.82, 2.24) is 0 Å². The molecule has 120 valence electrons. The SMILES string of the molecule is CSc1ccccc1C(=O)OCC(=O)Nc1cc(C)ccc1C. The molecule has 0 fully saturated rings. The van der Waals surface area contributed by atoms with Crippen LogP contribution in [0, 0.1) is 13.8 Å². The predicted octanol–water partition coefficient (Wildman–Crippen LogP) is 3.82. The average Bonchev–Trinajstić information content (AvgIpc) is 2.56. The molecule has 0 spiro atoms. The van der Waals surface area contributed by atoms with Gasteiger partial charge in [0.1, 0.15) is 0 Å². The summed E-state index contributed by atoms with van der Waals surface area (Å²) < 4.78 is 5.11. The van der Waals surface area contributed by atoms with Crippen molar-refractivity contribution in [2.24, 2.45) is 0 Å². The monoisotopic (exact) mass is 329 g/mol. The quantitative estimate of drug-likeness (QED) is 0.669. The Balaban J connectivity index is 1.96. The predicted molar refractivity (Wildman–Crippen MR) is 93.1 cm³/mol. The molecule has 0 aliphatic heterocycles. The van der Waals surface area contributed by atoms with Gasteiger partial charge in [-0.05, 0) is 49.4 Å². The number of anilines is 1. The highest BCUT2D eigenvalue weighted by atomic mass is 32.2. The van der Waals surface area contributed by atoms with E-state index in [0.29, 0.717) is 5.56 Å². The molecule has 0 saturated carbocycles. The van der Waals surface area contributed by atoms with Crippen molar-refractivity contribution in [3.8, 4) is 0 Å². The zero-order valence-electron chi connectivity index (χ0n) is 13.4.